The molecule has 2 aromatic heterocycles. The van der Waals surface area contributed by atoms with Crippen molar-refractivity contribution in [2.75, 3.05) is 27.2 Å². The average molecular weight is 355 g/mol. The third-order valence-corrected chi connectivity index (χ3v) is 4.90. The second kappa shape index (κ2) is 6.57. The Hall–Kier alpha value is -2.67. The molecule has 0 saturated heterocycles. The molecule has 1 aliphatic heterocycles. The van der Waals surface area contributed by atoms with Crippen LogP contribution in [0, 0.1) is 5.82 Å². The summed E-state index contributed by atoms with van der Waals surface area (Å²) in [4.78, 5) is 19.9. The molecule has 1 amide bonds. The van der Waals surface area contributed by atoms with Gasteiger partial charge in [-0.2, -0.15) is 5.10 Å². The molecule has 3 aromatic rings. The van der Waals surface area contributed by atoms with Crippen LogP contribution in [0.1, 0.15) is 21.6 Å². The summed E-state index contributed by atoms with van der Waals surface area (Å²) in [5.74, 6) is -0.283. The van der Waals surface area contributed by atoms with Crippen molar-refractivity contribution in [1.82, 2.24) is 24.6 Å². The maximum absolute atomic E-state index is 14.0. The van der Waals surface area contributed by atoms with Gasteiger partial charge in [0.15, 0.2) is 0 Å². The van der Waals surface area contributed by atoms with Gasteiger partial charge in [-0.3, -0.25) is 9.48 Å². The summed E-state index contributed by atoms with van der Waals surface area (Å²) in [5.41, 5.74) is 3.16. The number of nitrogens with zero attached hydrogens (tertiary/aromatic N) is 4. The predicted molar refractivity (Wildman–Crippen MR) is 97.5 cm³/mol. The molecular weight excluding hydrogens is 333 g/mol. The number of rotatable bonds is 4. The predicted octanol–water partition coefficient (Wildman–Crippen LogP) is 2.26. The average Bonchev–Trinajstić information content (AvgIpc) is 3.24. The van der Waals surface area contributed by atoms with E-state index in [0.29, 0.717) is 30.6 Å². The van der Waals surface area contributed by atoms with E-state index in [2.05, 4.69) is 15.0 Å². The van der Waals surface area contributed by atoms with Crippen LogP contribution >= 0.6 is 0 Å². The molecule has 0 spiro atoms. The van der Waals surface area contributed by atoms with Crippen LogP contribution in [0.2, 0.25) is 0 Å². The lowest BCUT2D eigenvalue weighted by atomic mass is 10.0. The molecule has 0 aliphatic carbocycles. The van der Waals surface area contributed by atoms with Crippen LogP contribution < -0.4 is 0 Å². The summed E-state index contributed by atoms with van der Waals surface area (Å²) in [6.45, 7) is 2.71. The maximum Gasteiger partial charge on any atom is 0.257 e. The van der Waals surface area contributed by atoms with Gasteiger partial charge in [-0.25, -0.2) is 4.39 Å². The number of H-pyrrole nitrogens is 1. The molecule has 26 heavy (non-hydrogen) atoms. The van der Waals surface area contributed by atoms with Gasteiger partial charge in [-0.1, -0.05) is 12.1 Å². The lowest BCUT2D eigenvalue weighted by Crippen LogP contribution is -2.35. The molecule has 6 nitrogen and oxygen atoms in total. The lowest BCUT2D eigenvalue weighted by Gasteiger charge is -2.26. The van der Waals surface area contributed by atoms with Crippen molar-refractivity contribution >= 4 is 16.8 Å². The second-order valence-corrected chi connectivity index (χ2v) is 7.02. The number of amides is 1. The molecule has 1 aromatic carbocycles. The quantitative estimate of drug-likeness (QED) is 0.781. The van der Waals surface area contributed by atoms with Crippen LogP contribution in [0.3, 0.4) is 0 Å². The molecule has 0 bridgehead atoms. The van der Waals surface area contributed by atoms with Crippen molar-refractivity contribution in [3.63, 3.8) is 0 Å². The van der Waals surface area contributed by atoms with Crippen molar-refractivity contribution in [3.8, 4) is 0 Å². The van der Waals surface area contributed by atoms with Crippen molar-refractivity contribution in [2.24, 2.45) is 0 Å². The molecule has 7 heteroatoms. The molecule has 0 unspecified atom stereocenters. The number of aromatic amines is 1. The summed E-state index contributed by atoms with van der Waals surface area (Å²) in [6.07, 6.45) is 4.13. The minimum Gasteiger partial charge on any atom is -0.356 e. The fourth-order valence-electron chi connectivity index (χ4n) is 3.46. The number of aromatic nitrogens is 3. The Morgan fingerprint density at radius 1 is 1.38 bits per heavy atom. The molecule has 1 N–H and O–H groups in total. The van der Waals surface area contributed by atoms with E-state index < -0.39 is 0 Å². The maximum atomic E-state index is 14.0. The third-order valence-electron chi connectivity index (χ3n) is 4.90. The number of nitrogens with one attached hydrogen (secondary N) is 1. The van der Waals surface area contributed by atoms with Crippen LogP contribution in [-0.4, -0.2) is 57.7 Å². The Bertz CT molecular complexity index is 958. The van der Waals surface area contributed by atoms with Crippen LogP contribution in [0.5, 0.6) is 0 Å². The van der Waals surface area contributed by atoms with E-state index in [-0.39, 0.29) is 11.7 Å². The third kappa shape index (κ3) is 2.99. The zero-order valence-electron chi connectivity index (χ0n) is 15.0. The van der Waals surface area contributed by atoms with Gasteiger partial charge in [-0.15, -0.1) is 0 Å². The van der Waals surface area contributed by atoms with E-state index in [0.717, 1.165) is 29.7 Å². The molecule has 4 rings (SSSR count). The SMILES string of the molecule is CN(C)CCn1cc(C(=O)N2CCc3[nH]c4c(F)cccc4c3C2)cn1. The first-order valence-electron chi connectivity index (χ1n) is 8.77. The second-order valence-electron chi connectivity index (χ2n) is 7.02. The minimum atomic E-state index is -0.253. The first-order valence-corrected chi connectivity index (χ1v) is 8.77. The summed E-state index contributed by atoms with van der Waals surface area (Å²) in [5, 5.41) is 5.15. The topological polar surface area (TPSA) is 57.2 Å². The smallest absolute Gasteiger partial charge is 0.257 e. The van der Waals surface area contributed by atoms with E-state index in [9.17, 15) is 9.18 Å². The van der Waals surface area contributed by atoms with Crippen LogP contribution in [0.25, 0.3) is 10.9 Å². The minimum absolute atomic E-state index is 0.0301. The summed E-state index contributed by atoms with van der Waals surface area (Å²) in [7, 11) is 4.01. The Labute approximate surface area is 151 Å². The van der Waals surface area contributed by atoms with Gasteiger partial charge in [0.05, 0.1) is 23.8 Å². The van der Waals surface area contributed by atoms with Gasteiger partial charge in [0.2, 0.25) is 0 Å². The Kier molecular flexibility index (Phi) is 4.24. The molecule has 0 fully saturated rings. The van der Waals surface area contributed by atoms with E-state index in [4.69, 9.17) is 0 Å². The fourth-order valence-corrected chi connectivity index (χ4v) is 3.46. The summed E-state index contributed by atoms with van der Waals surface area (Å²) in [6, 6.07) is 5.07. The highest BCUT2D eigenvalue weighted by atomic mass is 19.1. The van der Waals surface area contributed by atoms with Gasteiger partial charge in [0, 0.05) is 48.9 Å². The van der Waals surface area contributed by atoms with Gasteiger partial charge in [0.1, 0.15) is 5.82 Å². The van der Waals surface area contributed by atoms with E-state index in [1.54, 1.807) is 23.1 Å². The van der Waals surface area contributed by atoms with E-state index in [1.165, 1.54) is 6.07 Å². The molecule has 0 atom stereocenters. The molecule has 136 valence electrons. The zero-order chi connectivity index (χ0) is 18.3. The molecule has 1 aliphatic rings. The van der Waals surface area contributed by atoms with Crippen LogP contribution in [0.15, 0.2) is 30.6 Å². The molecular formula is C19H22FN5O. The summed E-state index contributed by atoms with van der Waals surface area (Å²) < 4.78 is 15.8. The van der Waals surface area contributed by atoms with Crippen molar-refractivity contribution in [1.29, 1.82) is 0 Å². The Balaban J connectivity index is 1.54. The number of halogens is 1. The number of hydrogen-bond donors (Lipinski definition) is 1. The van der Waals surface area contributed by atoms with Crippen molar-refractivity contribution in [3.05, 3.63) is 53.2 Å². The summed E-state index contributed by atoms with van der Waals surface area (Å²) >= 11 is 0. The lowest BCUT2D eigenvalue weighted by molar-refractivity contribution is 0.0735. The number of likely N-dealkylation sites (N-methyl/N-ethyl adjacent to an activating group) is 1. The highest BCUT2D eigenvalue weighted by Gasteiger charge is 2.26. The van der Waals surface area contributed by atoms with E-state index in [1.807, 2.05) is 25.1 Å². The number of hydrogen-bond acceptors (Lipinski definition) is 3. The monoisotopic (exact) mass is 355 g/mol. The normalized spacial score (nSPS) is 14.2. The molecule has 0 saturated carbocycles. The van der Waals surface area contributed by atoms with Gasteiger partial charge in [0.25, 0.3) is 5.91 Å². The Morgan fingerprint density at radius 2 is 2.23 bits per heavy atom. The van der Waals surface area contributed by atoms with E-state index >= 15 is 0 Å². The number of para-hydroxylation sites is 1. The highest BCUT2D eigenvalue weighted by molar-refractivity contribution is 5.94. The fraction of sp³-hybridized carbons (Fsp3) is 0.368. The Morgan fingerprint density at radius 3 is 3.04 bits per heavy atom. The number of carbonyl (C=O) groups excluding carboxylic acids is 1. The van der Waals surface area contributed by atoms with Crippen LogP contribution in [-0.2, 0) is 19.5 Å². The first-order chi connectivity index (χ1) is 12.5. The highest BCUT2D eigenvalue weighted by Crippen LogP contribution is 2.29. The molecule has 0 radical (unpaired) electrons. The standard InChI is InChI=1S/C19H22FN5O/c1-23(2)8-9-25-11-13(10-21-25)19(26)24-7-6-17-15(12-24)14-4-3-5-16(20)18(14)22-17/h3-5,10-11,22H,6-9,12H2,1-2H3. The largest absolute Gasteiger partial charge is 0.356 e. The van der Waals surface area contributed by atoms with Crippen LogP contribution in [0.4, 0.5) is 4.39 Å². The zero-order valence-corrected chi connectivity index (χ0v) is 15.0. The first kappa shape index (κ1) is 16.8. The number of fused-ring (bicyclic) bond motifs is 3. The number of carbonyl (C=O) groups is 1. The van der Waals surface area contributed by atoms with Gasteiger partial charge < -0.3 is 14.8 Å². The van der Waals surface area contributed by atoms with Crippen molar-refractivity contribution in [2.45, 2.75) is 19.5 Å². The van der Waals surface area contributed by atoms with Gasteiger partial charge in [-0.05, 0) is 20.2 Å². The number of benzene rings is 1. The van der Waals surface area contributed by atoms with Gasteiger partial charge >= 0.3 is 0 Å². The van der Waals surface area contributed by atoms with Crippen molar-refractivity contribution < 1.29 is 9.18 Å². The molecule has 3 heterocycles.